The lowest BCUT2D eigenvalue weighted by Gasteiger charge is -2.33. The topological polar surface area (TPSA) is 15.3 Å². The second-order valence-electron chi connectivity index (χ2n) is 6.72. The Labute approximate surface area is 129 Å². The van der Waals surface area contributed by atoms with Crippen LogP contribution in [0.4, 0.5) is 0 Å². The summed E-state index contributed by atoms with van der Waals surface area (Å²) in [4.78, 5) is 2.65. The molecule has 2 atom stereocenters. The molecule has 0 radical (unpaired) electrons. The lowest BCUT2D eigenvalue weighted by molar-refractivity contribution is 0.257. The molecule has 1 N–H and O–H groups in total. The Morgan fingerprint density at radius 2 is 1.81 bits per heavy atom. The number of nitrogens with one attached hydrogen (secondary N) is 1. The van der Waals surface area contributed by atoms with Crippen molar-refractivity contribution in [3.63, 3.8) is 0 Å². The molecule has 21 heavy (non-hydrogen) atoms. The van der Waals surface area contributed by atoms with Crippen molar-refractivity contribution >= 4 is 0 Å². The fraction of sp³-hybridized carbons (Fsp3) is 0.684. The van der Waals surface area contributed by atoms with Crippen molar-refractivity contribution in [3.8, 4) is 0 Å². The SMILES string of the molecule is CCN(CCNC1CCCCC1c1ccccc1)C1CC1. The van der Waals surface area contributed by atoms with Crippen LogP contribution in [0.3, 0.4) is 0 Å². The molecule has 0 spiro atoms. The van der Waals surface area contributed by atoms with E-state index in [2.05, 4.69) is 47.5 Å². The number of hydrogen-bond donors (Lipinski definition) is 1. The minimum atomic E-state index is 0.680. The summed E-state index contributed by atoms with van der Waals surface area (Å²) in [6.07, 6.45) is 8.31. The first-order valence-corrected chi connectivity index (χ1v) is 8.91. The van der Waals surface area contributed by atoms with Gasteiger partial charge in [0.2, 0.25) is 0 Å². The van der Waals surface area contributed by atoms with Crippen LogP contribution in [0.2, 0.25) is 0 Å². The van der Waals surface area contributed by atoms with Gasteiger partial charge < -0.3 is 5.32 Å². The van der Waals surface area contributed by atoms with Crippen LogP contribution in [-0.2, 0) is 0 Å². The second kappa shape index (κ2) is 7.42. The van der Waals surface area contributed by atoms with E-state index in [9.17, 15) is 0 Å². The van der Waals surface area contributed by atoms with Crippen molar-refractivity contribution in [1.82, 2.24) is 10.2 Å². The van der Waals surface area contributed by atoms with Gasteiger partial charge in [-0.05, 0) is 43.7 Å². The molecule has 0 amide bonds. The normalized spacial score (nSPS) is 26.2. The van der Waals surface area contributed by atoms with Gasteiger partial charge in [-0.2, -0.15) is 0 Å². The zero-order chi connectivity index (χ0) is 14.5. The van der Waals surface area contributed by atoms with Gasteiger partial charge in [-0.3, -0.25) is 4.90 Å². The van der Waals surface area contributed by atoms with E-state index >= 15 is 0 Å². The average molecular weight is 286 g/mol. The third-order valence-corrected chi connectivity index (χ3v) is 5.27. The molecule has 0 heterocycles. The third-order valence-electron chi connectivity index (χ3n) is 5.27. The van der Waals surface area contributed by atoms with Crippen molar-refractivity contribution in [1.29, 1.82) is 0 Å². The molecule has 2 nitrogen and oxygen atoms in total. The Hall–Kier alpha value is -0.860. The predicted molar refractivity (Wildman–Crippen MR) is 89.7 cm³/mol. The van der Waals surface area contributed by atoms with E-state index in [0.717, 1.165) is 18.5 Å². The lowest BCUT2D eigenvalue weighted by Crippen LogP contribution is -2.42. The molecule has 2 fully saturated rings. The fourth-order valence-electron chi connectivity index (χ4n) is 3.91. The maximum atomic E-state index is 3.88. The van der Waals surface area contributed by atoms with Crippen LogP contribution in [0.25, 0.3) is 0 Å². The highest BCUT2D eigenvalue weighted by molar-refractivity contribution is 5.22. The summed E-state index contributed by atoms with van der Waals surface area (Å²) in [6.45, 7) is 5.88. The minimum Gasteiger partial charge on any atom is -0.312 e. The van der Waals surface area contributed by atoms with Crippen LogP contribution in [0, 0.1) is 0 Å². The monoisotopic (exact) mass is 286 g/mol. The Balaban J connectivity index is 1.52. The first kappa shape index (κ1) is 15.1. The summed E-state index contributed by atoms with van der Waals surface area (Å²) in [6, 6.07) is 12.7. The summed E-state index contributed by atoms with van der Waals surface area (Å²) < 4.78 is 0. The standard InChI is InChI=1S/C19H30N2/c1-2-21(17-12-13-17)15-14-20-19-11-7-6-10-18(19)16-8-4-3-5-9-16/h3-5,8-9,17-20H,2,6-7,10-15H2,1H3. The van der Waals surface area contributed by atoms with E-state index in [4.69, 9.17) is 0 Å². The van der Waals surface area contributed by atoms with Gasteiger partial charge in [0.05, 0.1) is 0 Å². The fourth-order valence-corrected chi connectivity index (χ4v) is 3.91. The zero-order valence-corrected chi connectivity index (χ0v) is 13.4. The van der Waals surface area contributed by atoms with Gasteiger partial charge in [0.15, 0.2) is 0 Å². The Kier molecular flexibility index (Phi) is 5.32. The molecular formula is C19H30N2. The number of benzene rings is 1. The van der Waals surface area contributed by atoms with E-state index < -0.39 is 0 Å². The van der Waals surface area contributed by atoms with Crippen LogP contribution >= 0.6 is 0 Å². The third kappa shape index (κ3) is 4.08. The highest BCUT2D eigenvalue weighted by atomic mass is 15.2. The van der Waals surface area contributed by atoms with Gasteiger partial charge in [0, 0.05) is 25.2 Å². The molecule has 1 aromatic rings. The van der Waals surface area contributed by atoms with E-state index in [0.29, 0.717) is 6.04 Å². The van der Waals surface area contributed by atoms with Crippen molar-refractivity contribution < 1.29 is 0 Å². The van der Waals surface area contributed by atoms with Crippen LogP contribution in [0.5, 0.6) is 0 Å². The van der Waals surface area contributed by atoms with Gasteiger partial charge in [-0.25, -0.2) is 0 Å². The summed E-state index contributed by atoms with van der Waals surface area (Å²) in [5, 5.41) is 3.88. The van der Waals surface area contributed by atoms with Gasteiger partial charge in [0.1, 0.15) is 0 Å². The second-order valence-corrected chi connectivity index (χ2v) is 6.72. The van der Waals surface area contributed by atoms with E-state index in [1.807, 2.05) is 0 Å². The van der Waals surface area contributed by atoms with E-state index in [-0.39, 0.29) is 0 Å². The Bertz CT molecular complexity index is 413. The van der Waals surface area contributed by atoms with Gasteiger partial charge in [-0.1, -0.05) is 50.1 Å². The molecule has 0 aromatic heterocycles. The van der Waals surface area contributed by atoms with Gasteiger partial charge in [-0.15, -0.1) is 0 Å². The zero-order valence-electron chi connectivity index (χ0n) is 13.4. The largest absolute Gasteiger partial charge is 0.312 e. The molecule has 0 saturated heterocycles. The van der Waals surface area contributed by atoms with Crippen molar-refractivity contribution in [2.24, 2.45) is 0 Å². The van der Waals surface area contributed by atoms with Gasteiger partial charge >= 0.3 is 0 Å². The highest BCUT2D eigenvalue weighted by Gasteiger charge is 2.29. The molecule has 2 heteroatoms. The molecular weight excluding hydrogens is 256 g/mol. The number of likely N-dealkylation sites (N-methyl/N-ethyl adjacent to an activating group) is 1. The first-order valence-electron chi connectivity index (χ1n) is 8.91. The van der Waals surface area contributed by atoms with Crippen LogP contribution in [0.15, 0.2) is 30.3 Å². The first-order chi connectivity index (χ1) is 10.4. The summed E-state index contributed by atoms with van der Waals surface area (Å²) in [5.74, 6) is 0.718. The van der Waals surface area contributed by atoms with E-state index in [1.54, 1.807) is 0 Å². The molecule has 2 aliphatic carbocycles. The number of hydrogen-bond acceptors (Lipinski definition) is 2. The maximum Gasteiger partial charge on any atom is 0.0136 e. The molecule has 3 rings (SSSR count). The Morgan fingerprint density at radius 1 is 1.05 bits per heavy atom. The summed E-state index contributed by atoms with van der Waals surface area (Å²) in [5.41, 5.74) is 1.53. The lowest BCUT2D eigenvalue weighted by atomic mass is 9.80. The number of rotatable bonds is 7. The molecule has 1 aromatic carbocycles. The van der Waals surface area contributed by atoms with Crippen molar-refractivity contribution in [2.45, 2.75) is 63.5 Å². The van der Waals surface area contributed by atoms with Crippen LogP contribution in [0.1, 0.15) is 56.9 Å². The molecule has 2 unspecified atom stereocenters. The average Bonchev–Trinajstić information content (AvgIpc) is 3.38. The predicted octanol–water partition coefficient (Wildman–Crippen LogP) is 3.79. The van der Waals surface area contributed by atoms with Crippen LogP contribution in [-0.4, -0.2) is 36.6 Å². The smallest absolute Gasteiger partial charge is 0.0136 e. The molecule has 2 saturated carbocycles. The molecule has 2 aliphatic rings. The van der Waals surface area contributed by atoms with Crippen LogP contribution < -0.4 is 5.32 Å². The summed E-state index contributed by atoms with van der Waals surface area (Å²) >= 11 is 0. The minimum absolute atomic E-state index is 0.680. The quantitative estimate of drug-likeness (QED) is 0.820. The summed E-state index contributed by atoms with van der Waals surface area (Å²) in [7, 11) is 0. The highest BCUT2D eigenvalue weighted by Crippen LogP contribution is 2.33. The van der Waals surface area contributed by atoms with Crippen molar-refractivity contribution in [3.05, 3.63) is 35.9 Å². The van der Waals surface area contributed by atoms with E-state index in [1.165, 1.54) is 57.2 Å². The molecule has 116 valence electrons. The maximum absolute atomic E-state index is 3.88. The number of nitrogens with zero attached hydrogens (tertiary/aromatic N) is 1. The van der Waals surface area contributed by atoms with Gasteiger partial charge in [0.25, 0.3) is 0 Å². The molecule has 0 bridgehead atoms. The van der Waals surface area contributed by atoms with Crippen molar-refractivity contribution in [2.75, 3.05) is 19.6 Å². The molecule has 0 aliphatic heterocycles. The Morgan fingerprint density at radius 3 is 2.52 bits per heavy atom.